The zero-order chi connectivity index (χ0) is 35.1. The van der Waals surface area contributed by atoms with E-state index in [4.69, 9.17) is 19.2 Å². The molecule has 2 saturated heterocycles. The van der Waals surface area contributed by atoms with Crippen molar-refractivity contribution in [3.8, 4) is 5.75 Å². The molecule has 1 aromatic heterocycles. The number of aromatic nitrogens is 2. The monoisotopic (exact) mass is 679 g/mol. The van der Waals surface area contributed by atoms with Crippen LogP contribution in [0, 0.1) is 0 Å². The number of carbonyl (C=O) groups is 3. The van der Waals surface area contributed by atoms with E-state index in [2.05, 4.69) is 20.5 Å². The van der Waals surface area contributed by atoms with Crippen LogP contribution in [0.3, 0.4) is 0 Å². The summed E-state index contributed by atoms with van der Waals surface area (Å²) in [4.78, 5) is 54.3. The number of aliphatic hydroxyl groups is 1. The quantitative estimate of drug-likeness (QED) is 0.352. The third-order valence-corrected chi connectivity index (χ3v) is 10.0. The Labute approximate surface area is 287 Å². The minimum atomic E-state index is -0.803. The Morgan fingerprint density at radius 1 is 1.18 bits per heavy atom. The van der Waals surface area contributed by atoms with E-state index < -0.39 is 22.8 Å². The van der Waals surface area contributed by atoms with Crippen LogP contribution in [0.4, 0.5) is 27.9 Å². The number of fused-ring (bicyclic) bond motifs is 1. The minimum Gasteiger partial charge on any atom is -0.495 e. The molecule has 6 rings (SSSR count). The van der Waals surface area contributed by atoms with Gasteiger partial charge in [0.25, 0.3) is 5.91 Å². The number of hydrogen-bond acceptors (Lipinski definition) is 11. The maximum atomic E-state index is 13.6. The molecule has 0 radical (unpaired) electrons. The number of ether oxygens (including phenoxy) is 3. The van der Waals surface area contributed by atoms with Crippen molar-refractivity contribution >= 4 is 41.0 Å². The van der Waals surface area contributed by atoms with Crippen molar-refractivity contribution in [2.75, 3.05) is 55.6 Å². The van der Waals surface area contributed by atoms with Gasteiger partial charge in [0.1, 0.15) is 28.7 Å². The highest BCUT2D eigenvalue weighted by molar-refractivity contribution is 6.04. The Hall–Kier alpha value is -4.17. The number of benzene rings is 1. The molecule has 3 aliphatic heterocycles. The van der Waals surface area contributed by atoms with Crippen molar-refractivity contribution in [3.05, 3.63) is 30.0 Å². The van der Waals surface area contributed by atoms with Crippen molar-refractivity contribution in [2.45, 2.75) is 101 Å². The van der Waals surface area contributed by atoms with E-state index in [-0.39, 0.29) is 37.1 Å². The number of hydrogen-bond donors (Lipinski definition) is 3. The molecule has 1 saturated carbocycles. The first kappa shape index (κ1) is 34.7. The Morgan fingerprint density at radius 3 is 2.57 bits per heavy atom. The highest BCUT2D eigenvalue weighted by Crippen LogP contribution is 2.43. The van der Waals surface area contributed by atoms with Gasteiger partial charge in [0.2, 0.25) is 11.9 Å². The van der Waals surface area contributed by atoms with Crippen molar-refractivity contribution in [1.82, 2.24) is 20.2 Å². The average molecular weight is 680 g/mol. The van der Waals surface area contributed by atoms with E-state index in [1.54, 1.807) is 41.2 Å². The molecule has 3 N–H and O–H groups in total. The van der Waals surface area contributed by atoms with Crippen molar-refractivity contribution < 1.29 is 33.7 Å². The molecule has 3 amide bonds. The largest absolute Gasteiger partial charge is 0.495 e. The number of rotatable bonds is 9. The fourth-order valence-corrected chi connectivity index (χ4v) is 7.65. The molecule has 4 aliphatic rings. The van der Waals surface area contributed by atoms with Crippen LogP contribution in [-0.4, -0.2) is 107 Å². The van der Waals surface area contributed by atoms with E-state index in [9.17, 15) is 19.5 Å². The maximum Gasteiger partial charge on any atom is 0.410 e. The summed E-state index contributed by atoms with van der Waals surface area (Å²) in [7, 11) is 3.30. The highest BCUT2D eigenvalue weighted by atomic mass is 16.6. The molecule has 2 unspecified atom stereocenters. The fraction of sp³-hybridized carbons (Fsp3) is 0.629. The smallest absolute Gasteiger partial charge is 0.410 e. The number of amides is 3. The lowest BCUT2D eigenvalue weighted by molar-refractivity contribution is -0.120. The first-order valence-corrected chi connectivity index (χ1v) is 17.2. The summed E-state index contributed by atoms with van der Waals surface area (Å²) in [5.74, 6) is 1.23. The molecule has 1 spiro atoms. The number of methoxy groups -OCH3 is 1. The fourth-order valence-electron chi connectivity index (χ4n) is 7.65. The Balaban J connectivity index is 1.17. The van der Waals surface area contributed by atoms with E-state index in [0.29, 0.717) is 61.0 Å². The van der Waals surface area contributed by atoms with Gasteiger partial charge in [0, 0.05) is 31.7 Å². The number of nitrogens with one attached hydrogen (secondary N) is 2. The lowest BCUT2D eigenvalue weighted by Gasteiger charge is -2.47. The van der Waals surface area contributed by atoms with E-state index in [1.165, 1.54) is 7.11 Å². The predicted octanol–water partition coefficient (Wildman–Crippen LogP) is 3.99. The van der Waals surface area contributed by atoms with Gasteiger partial charge in [-0.05, 0) is 64.7 Å². The predicted molar refractivity (Wildman–Crippen MR) is 184 cm³/mol. The second kappa shape index (κ2) is 13.3. The van der Waals surface area contributed by atoms with Crippen LogP contribution in [-0.2, 0) is 14.3 Å². The molecule has 1 aliphatic carbocycles. The van der Waals surface area contributed by atoms with Gasteiger partial charge in [-0.2, -0.15) is 4.98 Å². The van der Waals surface area contributed by atoms with Gasteiger partial charge < -0.3 is 44.7 Å². The van der Waals surface area contributed by atoms with E-state index in [1.807, 2.05) is 27.7 Å². The first-order chi connectivity index (χ1) is 23.3. The summed E-state index contributed by atoms with van der Waals surface area (Å²) in [6.45, 7) is 8.29. The highest BCUT2D eigenvalue weighted by Gasteiger charge is 2.57. The lowest BCUT2D eigenvalue weighted by Crippen LogP contribution is -2.65. The Bertz CT molecular complexity index is 1580. The average Bonchev–Trinajstić information content (AvgIpc) is 3.70. The third-order valence-electron chi connectivity index (χ3n) is 10.0. The molecular weight excluding hydrogens is 630 g/mol. The summed E-state index contributed by atoms with van der Waals surface area (Å²) in [6.07, 6.45) is 7.02. The van der Waals surface area contributed by atoms with Crippen molar-refractivity contribution in [2.24, 2.45) is 0 Å². The van der Waals surface area contributed by atoms with Crippen molar-refractivity contribution in [1.29, 1.82) is 0 Å². The van der Waals surface area contributed by atoms with Crippen LogP contribution in [0.5, 0.6) is 5.75 Å². The lowest BCUT2D eigenvalue weighted by atomic mass is 9.81. The molecule has 4 heterocycles. The third kappa shape index (κ3) is 6.85. The topological polar surface area (TPSA) is 159 Å². The number of carbonyl (C=O) groups excluding carboxylic acids is 3. The standard InChI is InChI=1S/C35H49N7O7/c1-7-25-30(45)40(5)26-17-36-31(38-28(26)42(25)23-10-8-9-11-23)37-24-13-12-22(16-27(24)47-6)29(44)39-34(14-15-43)18-35(48-21-34)19-41(20-35)32(46)49-33(2,3)4/h12-13,16-17,23,25,43H,7-11,14-15,18-21H2,1-6H3,(H,39,44)(H,36,37,38). The summed E-state index contributed by atoms with van der Waals surface area (Å²) in [6, 6.07) is 5.05. The second-order valence-electron chi connectivity index (χ2n) is 14.8. The number of likely N-dealkylation sites (tertiary alicyclic amines) is 1. The molecule has 14 nitrogen and oxygen atoms in total. The maximum absolute atomic E-state index is 13.6. The molecule has 2 atom stereocenters. The van der Waals surface area contributed by atoms with Gasteiger partial charge in [-0.25, -0.2) is 9.78 Å². The van der Waals surface area contributed by atoms with Gasteiger partial charge in [0.15, 0.2) is 5.82 Å². The van der Waals surface area contributed by atoms with Crippen molar-refractivity contribution in [3.63, 3.8) is 0 Å². The summed E-state index contributed by atoms with van der Waals surface area (Å²) < 4.78 is 17.3. The summed E-state index contributed by atoms with van der Waals surface area (Å²) >= 11 is 0. The van der Waals surface area contributed by atoms with Gasteiger partial charge in [-0.3, -0.25) is 9.59 Å². The second-order valence-corrected chi connectivity index (χ2v) is 14.8. The SMILES string of the molecule is CCC1C(=O)N(C)c2cnc(Nc3ccc(C(=O)NC4(CCO)COC5(CN(C(=O)OC(C)(C)C)C5)C4)cc3OC)nc2N1C1CCCC1. The first-order valence-electron chi connectivity index (χ1n) is 17.2. The van der Waals surface area contributed by atoms with Gasteiger partial charge in [-0.1, -0.05) is 19.8 Å². The van der Waals surface area contributed by atoms with Gasteiger partial charge >= 0.3 is 6.09 Å². The van der Waals surface area contributed by atoms with Gasteiger partial charge in [-0.15, -0.1) is 0 Å². The molecule has 266 valence electrons. The van der Waals surface area contributed by atoms with Crippen LogP contribution in [0.15, 0.2) is 24.4 Å². The molecule has 2 aromatic rings. The molecule has 1 aromatic carbocycles. The van der Waals surface area contributed by atoms with Crippen LogP contribution < -0.4 is 25.2 Å². The molecule has 14 heteroatoms. The van der Waals surface area contributed by atoms with E-state index in [0.717, 1.165) is 31.5 Å². The minimum absolute atomic E-state index is 0.0531. The summed E-state index contributed by atoms with van der Waals surface area (Å²) in [5, 5.41) is 16.3. The van der Waals surface area contributed by atoms with Gasteiger partial charge in [0.05, 0.1) is 44.2 Å². The zero-order valence-corrected chi connectivity index (χ0v) is 29.4. The Morgan fingerprint density at radius 2 is 1.92 bits per heavy atom. The zero-order valence-electron chi connectivity index (χ0n) is 29.4. The van der Waals surface area contributed by atoms with Crippen LogP contribution in [0.1, 0.15) is 83.0 Å². The summed E-state index contributed by atoms with van der Waals surface area (Å²) in [5.41, 5.74) is -0.384. The molecule has 3 fully saturated rings. The molecular formula is C35H49N7O7. The van der Waals surface area contributed by atoms with Crippen LogP contribution in [0.25, 0.3) is 0 Å². The van der Waals surface area contributed by atoms with Crippen LogP contribution >= 0.6 is 0 Å². The number of anilines is 4. The van der Waals surface area contributed by atoms with E-state index >= 15 is 0 Å². The molecule has 49 heavy (non-hydrogen) atoms. The number of likely N-dealkylation sites (N-methyl/N-ethyl adjacent to an activating group) is 1. The number of nitrogens with zero attached hydrogens (tertiary/aromatic N) is 5. The normalized spacial score (nSPS) is 23.4. The molecule has 0 bridgehead atoms. The number of aliphatic hydroxyl groups excluding tert-OH is 1. The van der Waals surface area contributed by atoms with Crippen LogP contribution in [0.2, 0.25) is 0 Å². The Kier molecular flexibility index (Phi) is 9.40.